The lowest BCUT2D eigenvalue weighted by atomic mass is 10.2. The summed E-state index contributed by atoms with van der Waals surface area (Å²) in [5.74, 6) is -1.40. The Kier molecular flexibility index (Phi) is 7.52. The van der Waals surface area contributed by atoms with E-state index in [1.54, 1.807) is 30.3 Å². The molecule has 0 fully saturated rings. The first-order valence-electron chi connectivity index (χ1n) is 10.9. The van der Waals surface area contributed by atoms with Crippen LogP contribution in [0.3, 0.4) is 0 Å². The van der Waals surface area contributed by atoms with Crippen molar-refractivity contribution in [1.82, 2.24) is 20.0 Å². The number of carbonyl (C=O) groups excluding carboxylic acids is 3. The van der Waals surface area contributed by atoms with Crippen molar-refractivity contribution in [2.75, 3.05) is 6.54 Å². The Morgan fingerprint density at radius 2 is 1.77 bits per heavy atom. The standard InChI is InChI=1S/C26H22ClFN4O3/c27-21-11-6-9-19(26(21)28)13-29-24(34)15-31(14-18-7-2-1-3-8-18)25(35)16-32-23-12-5-4-10-20(23)22(17-33)30-32/h1-12,17H,13-16H2,(H,29,34). The van der Waals surface area contributed by atoms with Crippen LogP contribution in [0.5, 0.6) is 0 Å². The van der Waals surface area contributed by atoms with Gasteiger partial charge in [0, 0.05) is 24.0 Å². The summed E-state index contributed by atoms with van der Waals surface area (Å²) < 4.78 is 15.6. The molecule has 0 spiro atoms. The van der Waals surface area contributed by atoms with Crippen LogP contribution >= 0.6 is 11.6 Å². The second-order valence-electron chi connectivity index (χ2n) is 7.90. The highest BCUT2D eigenvalue weighted by Crippen LogP contribution is 2.19. The summed E-state index contributed by atoms with van der Waals surface area (Å²) in [6.07, 6.45) is 0.646. The fourth-order valence-corrected chi connectivity index (χ4v) is 3.93. The zero-order chi connectivity index (χ0) is 24.8. The molecule has 0 atom stereocenters. The Morgan fingerprint density at radius 3 is 2.54 bits per heavy atom. The number of amides is 2. The molecule has 1 aromatic heterocycles. The maximum Gasteiger partial charge on any atom is 0.245 e. The number of hydrogen-bond donors (Lipinski definition) is 1. The van der Waals surface area contributed by atoms with E-state index in [9.17, 15) is 18.8 Å². The summed E-state index contributed by atoms with van der Waals surface area (Å²) in [5, 5.41) is 7.52. The number of aromatic nitrogens is 2. The van der Waals surface area contributed by atoms with Crippen LogP contribution in [0.15, 0.2) is 72.8 Å². The summed E-state index contributed by atoms with van der Waals surface area (Å²) in [5.41, 5.74) is 1.97. The van der Waals surface area contributed by atoms with Crippen LogP contribution in [0.25, 0.3) is 10.9 Å². The molecule has 178 valence electrons. The maximum atomic E-state index is 14.1. The molecule has 0 unspecified atom stereocenters. The fraction of sp³-hybridized carbons (Fsp3) is 0.154. The molecule has 1 heterocycles. The molecule has 0 bridgehead atoms. The van der Waals surface area contributed by atoms with Crippen LogP contribution in [0.2, 0.25) is 5.02 Å². The van der Waals surface area contributed by atoms with Gasteiger partial charge in [0.15, 0.2) is 6.29 Å². The molecule has 0 radical (unpaired) electrons. The monoisotopic (exact) mass is 492 g/mol. The third kappa shape index (κ3) is 5.73. The Morgan fingerprint density at radius 1 is 1.03 bits per heavy atom. The fourth-order valence-electron chi connectivity index (χ4n) is 3.73. The third-order valence-corrected chi connectivity index (χ3v) is 5.79. The smallest absolute Gasteiger partial charge is 0.245 e. The molecule has 0 aliphatic rings. The van der Waals surface area contributed by atoms with E-state index in [1.807, 2.05) is 30.3 Å². The van der Waals surface area contributed by atoms with Crippen molar-refractivity contribution >= 4 is 40.6 Å². The molecule has 2 amide bonds. The number of hydrogen-bond acceptors (Lipinski definition) is 4. The number of halogens is 2. The number of fused-ring (bicyclic) bond motifs is 1. The molecule has 9 heteroatoms. The third-order valence-electron chi connectivity index (χ3n) is 5.49. The van der Waals surface area contributed by atoms with Crippen molar-refractivity contribution in [2.45, 2.75) is 19.6 Å². The lowest BCUT2D eigenvalue weighted by molar-refractivity contribution is -0.137. The quantitative estimate of drug-likeness (QED) is 0.358. The molecular weight excluding hydrogens is 471 g/mol. The first-order chi connectivity index (χ1) is 17.0. The van der Waals surface area contributed by atoms with Crippen LogP contribution in [-0.2, 0) is 29.2 Å². The molecule has 0 aliphatic heterocycles. The minimum atomic E-state index is -0.594. The normalized spacial score (nSPS) is 10.8. The van der Waals surface area contributed by atoms with Gasteiger partial charge in [0.05, 0.1) is 17.1 Å². The molecule has 3 aromatic carbocycles. The number of aldehydes is 1. The minimum absolute atomic E-state index is 0.0289. The van der Waals surface area contributed by atoms with Gasteiger partial charge in [-0.15, -0.1) is 0 Å². The van der Waals surface area contributed by atoms with Gasteiger partial charge in [0.1, 0.15) is 18.1 Å². The maximum absolute atomic E-state index is 14.1. The molecule has 4 aromatic rings. The Balaban J connectivity index is 1.51. The summed E-state index contributed by atoms with van der Waals surface area (Å²) in [6, 6.07) is 20.9. The van der Waals surface area contributed by atoms with E-state index in [0.29, 0.717) is 17.2 Å². The molecule has 1 N–H and O–H groups in total. The molecule has 0 saturated carbocycles. The van der Waals surface area contributed by atoms with Crippen molar-refractivity contribution in [3.8, 4) is 0 Å². The minimum Gasteiger partial charge on any atom is -0.350 e. The molecule has 35 heavy (non-hydrogen) atoms. The van der Waals surface area contributed by atoms with Crippen molar-refractivity contribution in [3.05, 3.63) is 100 Å². The molecule has 0 saturated heterocycles. The van der Waals surface area contributed by atoms with E-state index in [2.05, 4.69) is 10.4 Å². The average molecular weight is 493 g/mol. The van der Waals surface area contributed by atoms with E-state index >= 15 is 0 Å². The van der Waals surface area contributed by atoms with Gasteiger partial charge in [-0.3, -0.25) is 19.1 Å². The predicted octanol–water partition coefficient (Wildman–Crippen LogP) is 3.99. The highest BCUT2D eigenvalue weighted by Gasteiger charge is 2.20. The Bertz CT molecular complexity index is 1370. The highest BCUT2D eigenvalue weighted by atomic mass is 35.5. The van der Waals surface area contributed by atoms with E-state index < -0.39 is 11.7 Å². The van der Waals surface area contributed by atoms with Gasteiger partial charge in [-0.25, -0.2) is 4.39 Å². The lowest BCUT2D eigenvalue weighted by Crippen LogP contribution is -2.41. The van der Waals surface area contributed by atoms with Gasteiger partial charge in [-0.1, -0.05) is 72.3 Å². The largest absolute Gasteiger partial charge is 0.350 e. The summed E-state index contributed by atoms with van der Waals surface area (Å²) in [7, 11) is 0. The first-order valence-corrected chi connectivity index (χ1v) is 11.3. The van der Waals surface area contributed by atoms with E-state index in [4.69, 9.17) is 11.6 Å². The lowest BCUT2D eigenvalue weighted by Gasteiger charge is -2.23. The Hall–Kier alpha value is -4.04. The van der Waals surface area contributed by atoms with Crippen LogP contribution in [-0.4, -0.2) is 39.3 Å². The van der Waals surface area contributed by atoms with Crippen molar-refractivity contribution in [1.29, 1.82) is 0 Å². The van der Waals surface area contributed by atoms with Gasteiger partial charge in [0.2, 0.25) is 11.8 Å². The van der Waals surface area contributed by atoms with E-state index in [-0.39, 0.29) is 48.4 Å². The second-order valence-corrected chi connectivity index (χ2v) is 8.31. The Labute approximate surface area is 206 Å². The van der Waals surface area contributed by atoms with Gasteiger partial charge in [-0.05, 0) is 17.7 Å². The highest BCUT2D eigenvalue weighted by molar-refractivity contribution is 6.30. The van der Waals surface area contributed by atoms with E-state index in [0.717, 1.165) is 5.56 Å². The van der Waals surface area contributed by atoms with Gasteiger partial charge in [-0.2, -0.15) is 5.10 Å². The molecule has 7 nitrogen and oxygen atoms in total. The molecular formula is C26H22ClFN4O3. The summed E-state index contributed by atoms with van der Waals surface area (Å²) in [4.78, 5) is 38.8. The van der Waals surface area contributed by atoms with Crippen LogP contribution < -0.4 is 5.32 Å². The van der Waals surface area contributed by atoms with E-state index in [1.165, 1.54) is 21.7 Å². The SMILES string of the molecule is O=Cc1nn(CC(=O)N(CC(=O)NCc2cccc(Cl)c2F)Cc2ccccc2)c2ccccc12. The topological polar surface area (TPSA) is 84.3 Å². The number of rotatable bonds is 9. The average Bonchev–Trinajstić information content (AvgIpc) is 3.22. The molecule has 0 aliphatic carbocycles. The van der Waals surface area contributed by atoms with Gasteiger partial charge >= 0.3 is 0 Å². The number of benzene rings is 3. The van der Waals surface area contributed by atoms with Gasteiger partial charge in [0.25, 0.3) is 0 Å². The zero-order valence-corrected chi connectivity index (χ0v) is 19.4. The van der Waals surface area contributed by atoms with Crippen molar-refractivity contribution in [3.63, 3.8) is 0 Å². The van der Waals surface area contributed by atoms with Crippen LogP contribution in [0.4, 0.5) is 4.39 Å². The molecule has 4 rings (SSSR count). The van der Waals surface area contributed by atoms with Crippen molar-refractivity contribution < 1.29 is 18.8 Å². The van der Waals surface area contributed by atoms with Crippen molar-refractivity contribution in [2.24, 2.45) is 0 Å². The predicted molar refractivity (Wildman–Crippen MR) is 130 cm³/mol. The van der Waals surface area contributed by atoms with Crippen LogP contribution in [0.1, 0.15) is 21.6 Å². The van der Waals surface area contributed by atoms with Gasteiger partial charge < -0.3 is 10.2 Å². The number of carbonyl (C=O) groups is 3. The summed E-state index contributed by atoms with van der Waals surface area (Å²) in [6.45, 7) is -0.267. The number of para-hydroxylation sites is 1. The van der Waals surface area contributed by atoms with Crippen LogP contribution in [0, 0.1) is 5.82 Å². The number of nitrogens with zero attached hydrogens (tertiary/aromatic N) is 3. The zero-order valence-electron chi connectivity index (χ0n) is 18.7. The summed E-state index contributed by atoms with van der Waals surface area (Å²) >= 11 is 5.81. The number of nitrogens with one attached hydrogen (secondary N) is 1. The second kappa shape index (κ2) is 10.9. The first kappa shape index (κ1) is 24.1.